The predicted octanol–water partition coefficient (Wildman–Crippen LogP) is 2.18. The number of amides is 1. The number of aromatic nitrogens is 1. The lowest BCUT2D eigenvalue weighted by molar-refractivity contribution is -0.123. The molecular formula is C16H18N2O6. The summed E-state index contributed by atoms with van der Waals surface area (Å²) in [5, 5.41) is 6.14. The summed E-state index contributed by atoms with van der Waals surface area (Å²) in [5.74, 6) is 0.358. The number of esters is 1. The molecule has 0 fully saturated rings. The van der Waals surface area contributed by atoms with Crippen molar-refractivity contribution in [2.45, 2.75) is 20.0 Å². The molecule has 0 saturated carbocycles. The number of anilines is 1. The smallest absolute Gasteiger partial charge is 0.342 e. The van der Waals surface area contributed by atoms with Gasteiger partial charge in [-0.1, -0.05) is 5.16 Å². The van der Waals surface area contributed by atoms with Crippen molar-refractivity contribution >= 4 is 17.7 Å². The molecule has 128 valence electrons. The molecule has 1 heterocycles. The first-order chi connectivity index (χ1) is 11.4. The van der Waals surface area contributed by atoms with Crippen molar-refractivity contribution in [2.75, 3.05) is 19.5 Å². The molecule has 0 radical (unpaired) electrons. The molecule has 1 atom stereocenters. The zero-order chi connectivity index (χ0) is 17.7. The van der Waals surface area contributed by atoms with Gasteiger partial charge in [0.1, 0.15) is 22.8 Å². The number of aryl methyl sites for hydroxylation is 1. The SMILES string of the molecule is COc1ccc(OC)c(C(=O)O[C@H](C)C(=O)Nc2cc(C)on2)c1. The topological polar surface area (TPSA) is 99.9 Å². The van der Waals surface area contributed by atoms with Gasteiger partial charge in [0.2, 0.25) is 0 Å². The summed E-state index contributed by atoms with van der Waals surface area (Å²) in [5.41, 5.74) is 0.161. The molecule has 1 amide bonds. The minimum Gasteiger partial charge on any atom is -0.497 e. The van der Waals surface area contributed by atoms with Crippen molar-refractivity contribution in [1.29, 1.82) is 0 Å². The highest BCUT2D eigenvalue weighted by Gasteiger charge is 2.22. The zero-order valence-electron chi connectivity index (χ0n) is 13.8. The van der Waals surface area contributed by atoms with Crippen LogP contribution in [0.25, 0.3) is 0 Å². The Hall–Kier alpha value is -3.03. The van der Waals surface area contributed by atoms with E-state index in [0.29, 0.717) is 17.3 Å². The highest BCUT2D eigenvalue weighted by Crippen LogP contribution is 2.25. The van der Waals surface area contributed by atoms with Crippen molar-refractivity contribution in [2.24, 2.45) is 0 Å². The summed E-state index contributed by atoms with van der Waals surface area (Å²) in [7, 11) is 2.91. The van der Waals surface area contributed by atoms with E-state index in [1.54, 1.807) is 25.1 Å². The molecule has 0 aliphatic carbocycles. The molecule has 0 aliphatic heterocycles. The monoisotopic (exact) mass is 334 g/mol. The van der Waals surface area contributed by atoms with E-state index in [2.05, 4.69) is 10.5 Å². The van der Waals surface area contributed by atoms with Crippen LogP contribution in [-0.2, 0) is 9.53 Å². The molecule has 24 heavy (non-hydrogen) atoms. The van der Waals surface area contributed by atoms with Crippen LogP contribution >= 0.6 is 0 Å². The van der Waals surface area contributed by atoms with E-state index in [1.165, 1.54) is 27.2 Å². The van der Waals surface area contributed by atoms with Crippen LogP contribution in [0, 0.1) is 6.92 Å². The van der Waals surface area contributed by atoms with Crippen molar-refractivity contribution < 1.29 is 28.3 Å². The summed E-state index contributed by atoms with van der Waals surface area (Å²) in [6.45, 7) is 3.15. The van der Waals surface area contributed by atoms with Gasteiger partial charge >= 0.3 is 5.97 Å². The number of nitrogens with zero attached hydrogens (tertiary/aromatic N) is 1. The van der Waals surface area contributed by atoms with Crippen molar-refractivity contribution in [3.05, 3.63) is 35.6 Å². The van der Waals surface area contributed by atoms with Gasteiger partial charge in [0.25, 0.3) is 5.91 Å². The number of methoxy groups -OCH3 is 2. The largest absolute Gasteiger partial charge is 0.497 e. The predicted molar refractivity (Wildman–Crippen MR) is 84.3 cm³/mol. The molecule has 2 rings (SSSR count). The van der Waals surface area contributed by atoms with Crippen molar-refractivity contribution in [3.63, 3.8) is 0 Å². The van der Waals surface area contributed by atoms with Crippen LogP contribution in [0.4, 0.5) is 5.82 Å². The fourth-order valence-electron chi connectivity index (χ4n) is 1.90. The minimum atomic E-state index is -1.04. The lowest BCUT2D eigenvalue weighted by Gasteiger charge is -2.14. The van der Waals surface area contributed by atoms with Gasteiger partial charge in [-0.05, 0) is 32.0 Å². The number of rotatable bonds is 6. The summed E-state index contributed by atoms with van der Waals surface area (Å²) in [6, 6.07) is 6.27. The van der Waals surface area contributed by atoms with Gasteiger partial charge in [0, 0.05) is 6.07 Å². The Bertz CT molecular complexity index is 740. The number of benzene rings is 1. The third-order valence-electron chi connectivity index (χ3n) is 3.16. The summed E-state index contributed by atoms with van der Waals surface area (Å²) >= 11 is 0. The standard InChI is InChI=1S/C16H18N2O6/c1-9-7-14(18-24-9)17-15(19)10(2)23-16(20)12-8-11(21-3)5-6-13(12)22-4/h5-8,10H,1-4H3,(H,17,18,19)/t10-/m1/s1. The maximum Gasteiger partial charge on any atom is 0.342 e. The molecule has 0 saturated heterocycles. The Morgan fingerprint density at radius 2 is 1.96 bits per heavy atom. The lowest BCUT2D eigenvalue weighted by Crippen LogP contribution is -2.30. The van der Waals surface area contributed by atoms with E-state index < -0.39 is 18.0 Å². The van der Waals surface area contributed by atoms with Gasteiger partial charge in [-0.3, -0.25) is 4.79 Å². The van der Waals surface area contributed by atoms with E-state index in [9.17, 15) is 9.59 Å². The Morgan fingerprint density at radius 1 is 1.21 bits per heavy atom. The van der Waals surface area contributed by atoms with E-state index >= 15 is 0 Å². The molecule has 0 unspecified atom stereocenters. The Labute approximate surface area is 138 Å². The zero-order valence-corrected chi connectivity index (χ0v) is 13.8. The second-order valence-corrected chi connectivity index (χ2v) is 4.93. The fourth-order valence-corrected chi connectivity index (χ4v) is 1.90. The first kappa shape index (κ1) is 17.3. The molecule has 8 nitrogen and oxygen atoms in total. The minimum absolute atomic E-state index is 0.161. The van der Waals surface area contributed by atoms with Gasteiger partial charge in [0.15, 0.2) is 11.9 Å². The van der Waals surface area contributed by atoms with Gasteiger partial charge in [0.05, 0.1) is 14.2 Å². The fraction of sp³-hybridized carbons (Fsp3) is 0.312. The molecule has 1 aromatic heterocycles. The number of hydrogen-bond acceptors (Lipinski definition) is 7. The van der Waals surface area contributed by atoms with Crippen molar-refractivity contribution in [1.82, 2.24) is 5.16 Å². The molecule has 2 aromatic rings. The Morgan fingerprint density at radius 3 is 2.54 bits per heavy atom. The first-order valence-corrected chi connectivity index (χ1v) is 7.11. The first-order valence-electron chi connectivity index (χ1n) is 7.11. The highest BCUT2D eigenvalue weighted by atomic mass is 16.5. The average molecular weight is 334 g/mol. The molecular weight excluding hydrogens is 316 g/mol. The molecule has 0 bridgehead atoms. The van der Waals surface area contributed by atoms with E-state index in [1.807, 2.05) is 0 Å². The number of hydrogen-bond donors (Lipinski definition) is 1. The highest BCUT2D eigenvalue weighted by molar-refractivity contribution is 5.98. The van der Waals surface area contributed by atoms with Gasteiger partial charge in [-0.2, -0.15) is 0 Å². The molecule has 1 aromatic carbocycles. The molecule has 1 N–H and O–H groups in total. The van der Waals surface area contributed by atoms with Crippen LogP contribution < -0.4 is 14.8 Å². The second kappa shape index (κ2) is 7.49. The number of carbonyl (C=O) groups is 2. The Kier molecular flexibility index (Phi) is 5.41. The molecule has 8 heteroatoms. The van der Waals surface area contributed by atoms with E-state index in [4.69, 9.17) is 18.7 Å². The Balaban J connectivity index is 2.06. The van der Waals surface area contributed by atoms with Gasteiger partial charge < -0.3 is 24.1 Å². The maximum absolute atomic E-state index is 12.3. The van der Waals surface area contributed by atoms with Gasteiger partial charge in [-0.15, -0.1) is 0 Å². The van der Waals surface area contributed by atoms with Crippen LogP contribution in [0.1, 0.15) is 23.0 Å². The summed E-state index contributed by atoms with van der Waals surface area (Å²) < 4.78 is 20.2. The van der Waals surface area contributed by atoms with Crippen LogP contribution in [0.5, 0.6) is 11.5 Å². The third kappa shape index (κ3) is 4.03. The number of nitrogens with one attached hydrogen (secondary N) is 1. The maximum atomic E-state index is 12.3. The van der Waals surface area contributed by atoms with Gasteiger partial charge in [-0.25, -0.2) is 4.79 Å². The third-order valence-corrected chi connectivity index (χ3v) is 3.16. The average Bonchev–Trinajstić information content (AvgIpc) is 2.98. The van der Waals surface area contributed by atoms with E-state index in [0.717, 1.165) is 0 Å². The number of carbonyl (C=O) groups excluding carboxylic acids is 2. The lowest BCUT2D eigenvalue weighted by atomic mass is 10.2. The second-order valence-electron chi connectivity index (χ2n) is 4.93. The number of ether oxygens (including phenoxy) is 3. The van der Waals surface area contributed by atoms with Crippen LogP contribution in [0.3, 0.4) is 0 Å². The van der Waals surface area contributed by atoms with Crippen molar-refractivity contribution in [3.8, 4) is 11.5 Å². The van der Waals surface area contributed by atoms with Crippen LogP contribution in [-0.4, -0.2) is 37.4 Å². The van der Waals surface area contributed by atoms with Crippen LogP contribution in [0.15, 0.2) is 28.8 Å². The summed E-state index contributed by atoms with van der Waals surface area (Å²) in [4.78, 5) is 24.3. The summed E-state index contributed by atoms with van der Waals surface area (Å²) in [6.07, 6.45) is -1.04. The molecule has 0 spiro atoms. The van der Waals surface area contributed by atoms with E-state index in [-0.39, 0.29) is 11.4 Å². The normalized spacial score (nSPS) is 11.5. The quantitative estimate of drug-likeness (QED) is 0.808. The molecule has 0 aliphatic rings. The van der Waals surface area contributed by atoms with Crippen LogP contribution in [0.2, 0.25) is 0 Å².